The van der Waals surface area contributed by atoms with E-state index in [2.05, 4.69) is 22.6 Å². The van der Waals surface area contributed by atoms with Gasteiger partial charge in [0.2, 0.25) is 0 Å². The first-order valence-electron chi connectivity index (χ1n) is 13.8. The van der Waals surface area contributed by atoms with Crippen molar-refractivity contribution in [3.63, 3.8) is 0 Å². The molecule has 2 aromatic heterocycles. The summed E-state index contributed by atoms with van der Waals surface area (Å²) in [5, 5.41) is 10.1. The first-order chi connectivity index (χ1) is 19.6. The number of H-pyrrole nitrogens is 1. The molecule has 0 aliphatic carbocycles. The fourth-order valence-electron chi connectivity index (χ4n) is 5.35. The van der Waals surface area contributed by atoms with E-state index in [4.69, 9.17) is 11.1 Å². The van der Waals surface area contributed by atoms with Crippen LogP contribution < -0.4 is 5.73 Å². The van der Waals surface area contributed by atoms with E-state index in [-0.39, 0.29) is 24.6 Å². The lowest BCUT2D eigenvalue weighted by atomic mass is 9.94. The number of nitrogens with zero attached hydrogens (tertiary/aromatic N) is 2. The van der Waals surface area contributed by atoms with Crippen molar-refractivity contribution < 1.29 is 8.78 Å². The predicted octanol–water partition coefficient (Wildman–Crippen LogP) is 7.72. The maximum Gasteiger partial charge on any atom is 0.261 e. The summed E-state index contributed by atoms with van der Waals surface area (Å²) in [6, 6.07) is 17.6. The Hall–Kier alpha value is -4.36. The molecule has 210 valence electrons. The predicted molar refractivity (Wildman–Crippen MR) is 165 cm³/mol. The maximum atomic E-state index is 13.7. The third-order valence-corrected chi connectivity index (χ3v) is 7.50. The number of likely N-dealkylation sites (tertiary alicyclic amines) is 1. The van der Waals surface area contributed by atoms with E-state index in [0.717, 1.165) is 38.7 Å². The highest BCUT2D eigenvalue weighted by atomic mass is 19.3. The molecule has 3 heterocycles. The quantitative estimate of drug-likeness (QED) is 0.0862. The summed E-state index contributed by atoms with van der Waals surface area (Å²) in [6.07, 6.45) is 9.47. The number of aromatic nitrogens is 2. The van der Waals surface area contributed by atoms with Crippen molar-refractivity contribution in [2.24, 2.45) is 5.92 Å². The molecule has 5 rings (SSSR count). The number of pyridine rings is 1. The van der Waals surface area contributed by atoms with Crippen molar-refractivity contribution in [2.75, 3.05) is 25.4 Å². The molecule has 0 radical (unpaired) electrons. The van der Waals surface area contributed by atoms with Crippen LogP contribution in [0.1, 0.15) is 37.1 Å². The highest BCUT2D eigenvalue weighted by molar-refractivity contribution is 6.15. The van der Waals surface area contributed by atoms with Crippen molar-refractivity contribution >= 4 is 27.9 Å². The number of nitrogen functional groups attached to an aromatic ring is 1. The zero-order valence-corrected chi connectivity index (χ0v) is 23.4. The number of benzene rings is 2. The van der Waals surface area contributed by atoms with E-state index in [1.807, 2.05) is 86.8 Å². The van der Waals surface area contributed by atoms with Gasteiger partial charge in [-0.2, -0.15) is 0 Å². The number of allylic oxidation sites excluding steroid dienone is 4. The van der Waals surface area contributed by atoms with Crippen LogP contribution in [0.5, 0.6) is 0 Å². The molecule has 2 aromatic carbocycles. The van der Waals surface area contributed by atoms with Crippen LogP contribution in [0.25, 0.3) is 27.6 Å². The van der Waals surface area contributed by atoms with Crippen LogP contribution in [0.15, 0.2) is 97.4 Å². The lowest BCUT2D eigenvalue weighted by Gasteiger charge is -2.17. The topological polar surface area (TPSA) is 81.8 Å². The normalized spacial score (nSPS) is 16.7. The zero-order chi connectivity index (χ0) is 29.1. The Balaban J connectivity index is 1.48. The Morgan fingerprint density at radius 3 is 2.76 bits per heavy atom. The van der Waals surface area contributed by atoms with Crippen LogP contribution in [0, 0.1) is 11.3 Å². The maximum absolute atomic E-state index is 13.7. The summed E-state index contributed by atoms with van der Waals surface area (Å²) < 4.78 is 27.5. The van der Waals surface area contributed by atoms with E-state index in [9.17, 15) is 8.78 Å². The Bertz CT molecular complexity index is 1650. The molecule has 5 nitrogen and oxygen atoms in total. The monoisotopic (exact) mass is 551 g/mol. The number of anilines is 1. The standard InChI is InChI=1S/C34H35F2N5/c1-4-22(2)15-26(16-23(3)20-41-14-12-34(35,36)21-41)24-10-11-30(37)29(17-24)33(38)32-18-28-27(8-5-9-31(28)40-32)25-7-6-13-39-19-25/h4-11,13,15-19,22,38,40H,1,12,14,20-21,37H2,2-3H3/b23-16+,26-15+,38-33?/t22-/m0/s1. The number of halogens is 2. The molecule has 0 amide bonds. The zero-order valence-electron chi connectivity index (χ0n) is 23.4. The largest absolute Gasteiger partial charge is 0.398 e. The smallest absolute Gasteiger partial charge is 0.261 e. The van der Waals surface area contributed by atoms with Gasteiger partial charge in [0.1, 0.15) is 0 Å². The third-order valence-electron chi connectivity index (χ3n) is 7.50. The lowest BCUT2D eigenvalue weighted by Crippen LogP contribution is -2.26. The van der Waals surface area contributed by atoms with Crippen LogP contribution in [0.2, 0.25) is 0 Å². The highest BCUT2D eigenvalue weighted by Gasteiger charge is 2.37. The molecule has 0 spiro atoms. The molecule has 0 unspecified atom stereocenters. The van der Waals surface area contributed by atoms with Gasteiger partial charge in [-0.05, 0) is 59.9 Å². The average molecular weight is 552 g/mol. The summed E-state index contributed by atoms with van der Waals surface area (Å²) in [7, 11) is 0. The summed E-state index contributed by atoms with van der Waals surface area (Å²) >= 11 is 0. The molecule has 1 aliphatic heterocycles. The third kappa shape index (κ3) is 6.36. The van der Waals surface area contributed by atoms with Crippen molar-refractivity contribution in [3.8, 4) is 11.1 Å². The second-order valence-electron chi connectivity index (χ2n) is 10.9. The van der Waals surface area contributed by atoms with E-state index < -0.39 is 5.92 Å². The molecule has 7 heteroatoms. The summed E-state index contributed by atoms with van der Waals surface area (Å²) in [5.74, 6) is -2.53. The molecular formula is C34H35F2N5. The fraction of sp³-hybridized carbons (Fsp3) is 0.235. The molecule has 4 N–H and O–H groups in total. The van der Waals surface area contributed by atoms with E-state index in [1.54, 1.807) is 11.1 Å². The van der Waals surface area contributed by atoms with Gasteiger partial charge in [-0.25, -0.2) is 8.78 Å². The van der Waals surface area contributed by atoms with Crippen LogP contribution in [0.3, 0.4) is 0 Å². The molecule has 4 aromatic rings. The minimum Gasteiger partial charge on any atom is -0.398 e. The summed E-state index contributed by atoms with van der Waals surface area (Å²) in [6.45, 7) is 8.57. The lowest BCUT2D eigenvalue weighted by molar-refractivity contribution is 0.0131. The van der Waals surface area contributed by atoms with Crippen LogP contribution in [0.4, 0.5) is 14.5 Å². The molecule has 0 saturated carbocycles. The second kappa shape index (κ2) is 11.6. The number of alkyl halides is 2. The van der Waals surface area contributed by atoms with Crippen molar-refractivity contribution in [1.29, 1.82) is 5.41 Å². The van der Waals surface area contributed by atoms with Gasteiger partial charge in [0.15, 0.2) is 0 Å². The first kappa shape index (κ1) is 28.2. The molecule has 1 fully saturated rings. The number of nitrogens with one attached hydrogen (secondary N) is 2. The summed E-state index contributed by atoms with van der Waals surface area (Å²) in [4.78, 5) is 9.44. The van der Waals surface area contributed by atoms with Crippen molar-refractivity contribution in [3.05, 3.63) is 114 Å². The number of rotatable bonds is 9. The minimum atomic E-state index is -2.62. The number of hydrogen-bond donors (Lipinski definition) is 3. The average Bonchev–Trinajstić information content (AvgIpc) is 3.55. The van der Waals surface area contributed by atoms with Gasteiger partial charge in [-0.15, -0.1) is 6.58 Å². The molecule has 41 heavy (non-hydrogen) atoms. The minimum absolute atomic E-state index is 0.0882. The van der Waals surface area contributed by atoms with Crippen molar-refractivity contribution in [1.82, 2.24) is 14.9 Å². The van der Waals surface area contributed by atoms with Gasteiger partial charge >= 0.3 is 0 Å². The number of fused-ring (bicyclic) bond motifs is 1. The Morgan fingerprint density at radius 2 is 2.05 bits per heavy atom. The molecule has 0 bridgehead atoms. The summed E-state index contributed by atoms with van der Waals surface area (Å²) in [5.41, 5.74) is 14.2. The fourth-order valence-corrected chi connectivity index (χ4v) is 5.35. The van der Waals surface area contributed by atoms with Crippen molar-refractivity contribution in [2.45, 2.75) is 26.2 Å². The van der Waals surface area contributed by atoms with Gasteiger partial charge in [-0.1, -0.05) is 55.0 Å². The van der Waals surface area contributed by atoms with E-state index in [1.165, 1.54) is 0 Å². The molecule has 1 aliphatic rings. The second-order valence-corrected chi connectivity index (χ2v) is 10.9. The van der Waals surface area contributed by atoms with Crippen LogP contribution in [-0.2, 0) is 0 Å². The number of aromatic amines is 1. The van der Waals surface area contributed by atoms with Gasteiger partial charge < -0.3 is 10.7 Å². The Labute approximate surface area is 239 Å². The number of nitrogens with two attached hydrogens (primary N) is 1. The van der Waals surface area contributed by atoms with Crippen LogP contribution in [-0.4, -0.2) is 46.1 Å². The molecular weight excluding hydrogens is 516 g/mol. The highest BCUT2D eigenvalue weighted by Crippen LogP contribution is 2.32. The van der Waals surface area contributed by atoms with E-state index in [0.29, 0.717) is 30.0 Å². The number of hydrogen-bond acceptors (Lipinski definition) is 4. The van der Waals surface area contributed by atoms with Crippen LogP contribution >= 0.6 is 0 Å². The SMILES string of the molecule is C=C[C@H](C)/C=C(\C=C(/C)CN1CCC(F)(F)C1)c1ccc(N)c(C(=N)c2cc3c(-c4cccnc4)cccc3[nH]2)c1. The van der Waals surface area contributed by atoms with E-state index >= 15 is 0 Å². The first-order valence-corrected chi connectivity index (χ1v) is 13.8. The van der Waals surface area contributed by atoms with Gasteiger partial charge in [0.25, 0.3) is 5.92 Å². The Kier molecular flexibility index (Phi) is 7.99. The van der Waals surface area contributed by atoms with Gasteiger partial charge in [0, 0.05) is 59.6 Å². The molecule has 1 atom stereocenters. The van der Waals surface area contributed by atoms with Gasteiger partial charge in [0.05, 0.1) is 18.0 Å². The van der Waals surface area contributed by atoms with Gasteiger partial charge in [-0.3, -0.25) is 15.3 Å². The Morgan fingerprint density at radius 1 is 1.22 bits per heavy atom. The molecule has 1 saturated heterocycles.